The van der Waals surface area contributed by atoms with Gasteiger partial charge in [-0.05, 0) is 109 Å². The van der Waals surface area contributed by atoms with Gasteiger partial charge in [0.05, 0.1) is 26.4 Å². The summed E-state index contributed by atoms with van der Waals surface area (Å²) in [6.07, 6.45) is 70.1. The molecule has 0 heterocycles. The van der Waals surface area contributed by atoms with Crippen molar-refractivity contribution in [2.45, 2.75) is 341 Å². The minimum Gasteiger partial charge on any atom is -0.462 e. The minimum absolute atomic E-state index is 0.0826. The van der Waals surface area contributed by atoms with Crippen molar-refractivity contribution in [2.75, 3.05) is 39.6 Å². The SMILES string of the molecule is CC/C=C\C/C=C\C/C=C\C/C=C\CCCCCCC(=O)OCC(COP(=O)(O)OCC(O)COP(=O)(O)OCC(COC(=O)CCCCCCC/C=C\C/C=C\CCC)OC(=O)CCCCCCC/C=C\CCCC)OC(=O)CCCCCCCCCCCCCCCCC. The van der Waals surface area contributed by atoms with E-state index in [2.05, 4.69) is 113 Å². The van der Waals surface area contributed by atoms with E-state index in [-0.39, 0.29) is 25.7 Å². The second-order valence-corrected chi connectivity index (χ2v) is 28.1. The Labute approximate surface area is 583 Å². The van der Waals surface area contributed by atoms with Crippen molar-refractivity contribution in [3.63, 3.8) is 0 Å². The number of esters is 4. The number of rotatable bonds is 71. The zero-order valence-corrected chi connectivity index (χ0v) is 62.3. The Morgan fingerprint density at radius 1 is 0.302 bits per heavy atom. The van der Waals surface area contributed by atoms with Crippen LogP contribution in [0.15, 0.2) is 85.1 Å². The molecule has 5 unspecified atom stereocenters. The highest BCUT2D eigenvalue weighted by Crippen LogP contribution is 2.45. The summed E-state index contributed by atoms with van der Waals surface area (Å²) in [5.74, 6) is -2.21. The van der Waals surface area contributed by atoms with Gasteiger partial charge in [0.1, 0.15) is 19.3 Å². The number of phosphoric ester groups is 2. The molecule has 0 aromatic rings. The molecule has 0 aliphatic rings. The van der Waals surface area contributed by atoms with Gasteiger partial charge in [-0.15, -0.1) is 0 Å². The molecule has 0 fully saturated rings. The molecule has 3 N–H and O–H groups in total. The molecule has 556 valence electrons. The molecule has 5 atom stereocenters. The van der Waals surface area contributed by atoms with Crippen LogP contribution in [0.3, 0.4) is 0 Å². The lowest BCUT2D eigenvalue weighted by Gasteiger charge is -2.21. The lowest BCUT2D eigenvalue weighted by molar-refractivity contribution is -0.161. The third kappa shape index (κ3) is 68.8. The number of hydrogen-bond acceptors (Lipinski definition) is 15. The summed E-state index contributed by atoms with van der Waals surface area (Å²) < 4.78 is 68.4. The topological polar surface area (TPSA) is 237 Å². The van der Waals surface area contributed by atoms with E-state index in [1.165, 1.54) is 77.0 Å². The predicted octanol–water partition coefficient (Wildman–Crippen LogP) is 21.4. The molecule has 0 aromatic carbocycles. The maximum Gasteiger partial charge on any atom is 0.472 e. The zero-order valence-electron chi connectivity index (χ0n) is 60.5. The fraction of sp³-hybridized carbons (Fsp3) is 0.766. The zero-order chi connectivity index (χ0) is 70.4. The maximum absolute atomic E-state index is 13.1. The Balaban J connectivity index is 5.34. The highest BCUT2D eigenvalue weighted by Gasteiger charge is 2.30. The quantitative estimate of drug-likeness (QED) is 0.0169. The normalized spacial score (nSPS) is 14.4. The summed E-state index contributed by atoms with van der Waals surface area (Å²) in [7, 11) is -9.95. The van der Waals surface area contributed by atoms with Crippen molar-refractivity contribution in [1.29, 1.82) is 0 Å². The van der Waals surface area contributed by atoms with Crippen LogP contribution in [-0.4, -0.2) is 96.7 Å². The predicted molar refractivity (Wildman–Crippen MR) is 390 cm³/mol. The number of aliphatic hydroxyl groups excluding tert-OH is 1. The molecule has 0 bridgehead atoms. The van der Waals surface area contributed by atoms with Crippen molar-refractivity contribution in [3.8, 4) is 0 Å². The Morgan fingerprint density at radius 2 is 0.573 bits per heavy atom. The Hall–Kier alpha value is -3.76. The highest BCUT2D eigenvalue weighted by molar-refractivity contribution is 7.47. The fourth-order valence-electron chi connectivity index (χ4n) is 10.1. The molecular weight excluding hydrogens is 1260 g/mol. The average Bonchev–Trinajstić information content (AvgIpc) is 2.18. The van der Waals surface area contributed by atoms with Crippen LogP contribution in [0.4, 0.5) is 0 Å². The van der Waals surface area contributed by atoms with Gasteiger partial charge < -0.3 is 33.8 Å². The summed E-state index contributed by atoms with van der Waals surface area (Å²) in [4.78, 5) is 72.7. The molecule has 0 aliphatic carbocycles. The number of ether oxygens (including phenoxy) is 4. The molecule has 0 spiro atoms. The van der Waals surface area contributed by atoms with Crippen molar-refractivity contribution in [1.82, 2.24) is 0 Å². The van der Waals surface area contributed by atoms with Crippen molar-refractivity contribution < 1.29 is 80.2 Å². The first-order valence-corrected chi connectivity index (χ1v) is 40.8. The van der Waals surface area contributed by atoms with Gasteiger partial charge in [0.25, 0.3) is 0 Å². The molecule has 17 nitrogen and oxygen atoms in total. The Bertz CT molecular complexity index is 2160. The summed E-state index contributed by atoms with van der Waals surface area (Å²) in [5, 5.41) is 10.6. The molecule has 0 aromatic heterocycles. The molecule has 0 rings (SSSR count). The average molecular weight is 1400 g/mol. The van der Waals surface area contributed by atoms with Gasteiger partial charge in [-0.1, -0.05) is 273 Å². The van der Waals surface area contributed by atoms with Crippen molar-refractivity contribution in [2.24, 2.45) is 0 Å². The Kier molecular flexibility index (Phi) is 67.0. The smallest absolute Gasteiger partial charge is 0.462 e. The van der Waals surface area contributed by atoms with Gasteiger partial charge in [-0.3, -0.25) is 37.3 Å². The second kappa shape index (κ2) is 69.7. The molecular formula is C77H136O17P2. The Morgan fingerprint density at radius 3 is 0.917 bits per heavy atom. The monoisotopic (exact) mass is 1390 g/mol. The molecule has 0 amide bonds. The van der Waals surface area contributed by atoms with E-state index in [0.29, 0.717) is 25.7 Å². The number of carbonyl (C=O) groups excluding carboxylic acids is 4. The standard InChI is InChI=1S/C77H136O17P2/c1-5-9-13-17-21-25-29-32-34-35-37-39-43-46-50-54-58-62-75(80)88-68-73(94-77(82)64-60-56-52-48-44-40-36-33-30-26-22-18-14-10-6-2)70-92-96(85,86)90-66-71(78)65-89-95(83,84)91-69-72(93-76(81)63-59-55-51-47-41-28-24-20-16-12-8-4)67-87-74(79)61-57-53-49-45-42-38-31-27-23-19-15-11-7-3/h9,13,15,19-21,24-25,27,31-32,34,37,39,71-73,78H,5-8,10-12,14,16-18,22-23,26,28-30,33,35-36,38,40-70H2,1-4H3,(H,83,84)(H,85,86)/b13-9-,19-15-,24-20-,25-21-,31-27-,34-32-,39-37-. The van der Waals surface area contributed by atoms with E-state index in [9.17, 15) is 43.2 Å². The second-order valence-electron chi connectivity index (χ2n) is 25.2. The number of allylic oxidation sites excluding steroid dienone is 14. The molecule has 0 aliphatic heterocycles. The van der Waals surface area contributed by atoms with Crippen LogP contribution in [0.25, 0.3) is 0 Å². The molecule has 0 saturated heterocycles. The van der Waals surface area contributed by atoms with Crippen LogP contribution in [0, 0.1) is 0 Å². The van der Waals surface area contributed by atoms with Crippen LogP contribution < -0.4 is 0 Å². The number of carbonyl (C=O) groups is 4. The first kappa shape index (κ1) is 92.2. The minimum atomic E-state index is -4.97. The third-order valence-electron chi connectivity index (χ3n) is 15.8. The van der Waals surface area contributed by atoms with Gasteiger partial charge in [0, 0.05) is 25.7 Å². The summed E-state index contributed by atoms with van der Waals surface area (Å²) in [5.41, 5.74) is 0. The summed E-state index contributed by atoms with van der Waals surface area (Å²) >= 11 is 0. The first-order chi connectivity index (χ1) is 46.7. The van der Waals surface area contributed by atoms with Crippen LogP contribution >= 0.6 is 15.6 Å². The van der Waals surface area contributed by atoms with Gasteiger partial charge in [-0.25, -0.2) is 9.13 Å². The number of hydrogen-bond donors (Lipinski definition) is 3. The first-order valence-electron chi connectivity index (χ1n) is 37.8. The van der Waals surface area contributed by atoms with E-state index < -0.39 is 97.5 Å². The largest absolute Gasteiger partial charge is 0.472 e. The van der Waals surface area contributed by atoms with Crippen LogP contribution in [0.2, 0.25) is 0 Å². The maximum atomic E-state index is 13.1. The molecule has 0 saturated carbocycles. The van der Waals surface area contributed by atoms with E-state index in [0.717, 1.165) is 167 Å². The van der Waals surface area contributed by atoms with Gasteiger partial charge >= 0.3 is 39.5 Å². The van der Waals surface area contributed by atoms with E-state index in [4.69, 9.17) is 37.0 Å². The number of unbranched alkanes of at least 4 members (excludes halogenated alkanes) is 31. The van der Waals surface area contributed by atoms with Gasteiger partial charge in [0.2, 0.25) is 0 Å². The molecule has 19 heteroatoms. The number of aliphatic hydroxyl groups is 1. The van der Waals surface area contributed by atoms with Gasteiger partial charge in [-0.2, -0.15) is 0 Å². The van der Waals surface area contributed by atoms with Crippen LogP contribution in [0.5, 0.6) is 0 Å². The van der Waals surface area contributed by atoms with Crippen molar-refractivity contribution in [3.05, 3.63) is 85.1 Å². The molecule has 96 heavy (non-hydrogen) atoms. The highest BCUT2D eigenvalue weighted by atomic mass is 31.2. The molecule has 0 radical (unpaired) electrons. The van der Waals surface area contributed by atoms with E-state index >= 15 is 0 Å². The fourth-order valence-corrected chi connectivity index (χ4v) is 11.6. The van der Waals surface area contributed by atoms with Crippen LogP contribution in [-0.2, 0) is 65.4 Å². The summed E-state index contributed by atoms with van der Waals surface area (Å²) in [6.45, 7) is 4.63. The van der Waals surface area contributed by atoms with Crippen LogP contribution in [0.1, 0.15) is 323 Å². The van der Waals surface area contributed by atoms with E-state index in [1.807, 2.05) is 0 Å². The lowest BCUT2D eigenvalue weighted by Crippen LogP contribution is -2.30. The number of phosphoric acid groups is 2. The summed E-state index contributed by atoms with van der Waals surface area (Å²) in [6, 6.07) is 0. The van der Waals surface area contributed by atoms with Gasteiger partial charge in [0.15, 0.2) is 12.2 Å². The van der Waals surface area contributed by atoms with E-state index in [1.54, 1.807) is 0 Å². The third-order valence-corrected chi connectivity index (χ3v) is 17.7. The van der Waals surface area contributed by atoms with Crippen molar-refractivity contribution >= 4 is 39.5 Å². The lowest BCUT2D eigenvalue weighted by atomic mass is 10.0.